The zero-order chi connectivity index (χ0) is 19.5. The lowest BCUT2D eigenvalue weighted by molar-refractivity contribution is -0.151. The van der Waals surface area contributed by atoms with Gasteiger partial charge >= 0.3 is 0 Å². The smallest absolute Gasteiger partial charge is 0.271 e. The van der Waals surface area contributed by atoms with Gasteiger partial charge in [-0.25, -0.2) is 4.98 Å². The molecule has 8 nitrogen and oxygen atoms in total. The maximum atomic E-state index is 12.9. The van der Waals surface area contributed by atoms with Crippen LogP contribution in [0.25, 0.3) is 0 Å². The van der Waals surface area contributed by atoms with Gasteiger partial charge < -0.3 is 15.5 Å². The molecule has 2 aliphatic rings. The van der Waals surface area contributed by atoms with Crippen LogP contribution in [0.5, 0.6) is 0 Å². The normalized spacial score (nSPS) is 24.3. The predicted molar refractivity (Wildman–Crippen MR) is 100 cm³/mol. The minimum Gasteiger partial charge on any atom is -0.348 e. The lowest BCUT2D eigenvalue weighted by Crippen LogP contribution is -2.67. The number of rotatable bonds is 4. The van der Waals surface area contributed by atoms with Crippen molar-refractivity contribution in [2.45, 2.75) is 37.4 Å². The summed E-state index contributed by atoms with van der Waals surface area (Å²) in [5.74, 6) is -0.554. The molecule has 28 heavy (non-hydrogen) atoms. The number of aromatic nitrogens is 2. The number of hydrogen-bond donors (Lipinski definition) is 2. The van der Waals surface area contributed by atoms with Crippen molar-refractivity contribution in [3.05, 3.63) is 60.2 Å². The van der Waals surface area contributed by atoms with Crippen molar-refractivity contribution in [2.24, 2.45) is 0 Å². The van der Waals surface area contributed by atoms with Crippen molar-refractivity contribution >= 4 is 17.7 Å². The van der Waals surface area contributed by atoms with Crippen molar-refractivity contribution in [3.63, 3.8) is 0 Å². The monoisotopic (exact) mass is 379 g/mol. The Hall–Kier alpha value is -3.29. The Balaban J connectivity index is 1.40. The van der Waals surface area contributed by atoms with E-state index in [1.807, 2.05) is 30.3 Å². The summed E-state index contributed by atoms with van der Waals surface area (Å²) in [4.78, 5) is 47.3. The lowest BCUT2D eigenvalue weighted by Gasteiger charge is -2.44. The molecule has 0 radical (unpaired) electrons. The highest BCUT2D eigenvalue weighted by Crippen LogP contribution is 2.23. The average molecular weight is 379 g/mol. The van der Waals surface area contributed by atoms with Crippen molar-refractivity contribution in [3.8, 4) is 0 Å². The maximum absolute atomic E-state index is 12.9. The fourth-order valence-corrected chi connectivity index (χ4v) is 3.80. The van der Waals surface area contributed by atoms with Crippen LogP contribution < -0.4 is 10.6 Å². The minimum atomic E-state index is -0.555. The third-order valence-electron chi connectivity index (χ3n) is 5.22. The number of piperidine rings is 1. The Morgan fingerprint density at radius 1 is 1.21 bits per heavy atom. The molecule has 4 rings (SSSR count). The highest BCUT2D eigenvalue weighted by Gasteiger charge is 2.44. The topological polar surface area (TPSA) is 104 Å². The number of carbonyl (C=O) groups is 3. The molecule has 2 N–H and O–H groups in total. The van der Waals surface area contributed by atoms with Gasteiger partial charge in [-0.05, 0) is 18.4 Å². The van der Waals surface area contributed by atoms with Gasteiger partial charge in [0.25, 0.3) is 5.91 Å². The predicted octanol–water partition coefficient (Wildman–Crippen LogP) is 0.307. The third kappa shape index (κ3) is 3.71. The molecular weight excluding hydrogens is 358 g/mol. The number of nitrogens with zero attached hydrogens (tertiary/aromatic N) is 3. The van der Waals surface area contributed by atoms with E-state index in [-0.39, 0.29) is 29.5 Å². The summed E-state index contributed by atoms with van der Waals surface area (Å²) >= 11 is 0. The maximum Gasteiger partial charge on any atom is 0.271 e. The molecule has 3 heterocycles. The van der Waals surface area contributed by atoms with Gasteiger partial charge in [0, 0.05) is 31.4 Å². The van der Waals surface area contributed by atoms with Crippen LogP contribution in [0.1, 0.15) is 28.9 Å². The number of fused-ring (bicyclic) bond motifs is 1. The molecular formula is C20H21N5O3. The van der Waals surface area contributed by atoms with Crippen LogP contribution in [0, 0.1) is 0 Å². The van der Waals surface area contributed by atoms with Crippen LogP contribution in [0.2, 0.25) is 0 Å². The first-order valence-electron chi connectivity index (χ1n) is 9.33. The first kappa shape index (κ1) is 18.1. The highest BCUT2D eigenvalue weighted by molar-refractivity contribution is 5.97. The molecule has 2 aromatic rings. The van der Waals surface area contributed by atoms with E-state index < -0.39 is 12.1 Å². The molecule has 0 aliphatic carbocycles. The summed E-state index contributed by atoms with van der Waals surface area (Å²) in [6, 6.07) is 8.34. The van der Waals surface area contributed by atoms with Crippen molar-refractivity contribution in [1.82, 2.24) is 25.5 Å². The van der Waals surface area contributed by atoms with Gasteiger partial charge in [-0.3, -0.25) is 19.4 Å². The molecule has 3 atom stereocenters. The highest BCUT2D eigenvalue weighted by atomic mass is 16.2. The van der Waals surface area contributed by atoms with Gasteiger partial charge in [-0.15, -0.1) is 0 Å². The molecule has 0 spiro atoms. The lowest BCUT2D eigenvalue weighted by atomic mass is 9.91. The average Bonchev–Trinajstić information content (AvgIpc) is 2.73. The summed E-state index contributed by atoms with van der Waals surface area (Å²) in [7, 11) is 0. The van der Waals surface area contributed by atoms with E-state index in [2.05, 4.69) is 20.6 Å². The fourth-order valence-electron chi connectivity index (χ4n) is 3.80. The summed E-state index contributed by atoms with van der Waals surface area (Å²) < 4.78 is 0. The Morgan fingerprint density at radius 3 is 2.79 bits per heavy atom. The summed E-state index contributed by atoms with van der Waals surface area (Å²) in [5, 5.41) is 5.75. The van der Waals surface area contributed by atoms with Gasteiger partial charge in [0.2, 0.25) is 11.8 Å². The SMILES string of the molecule is O=C(NC1CCN2C(=O)C(Cc3ccccc3)NC(=O)C2C1)c1cnccn1. The minimum absolute atomic E-state index is 0.0628. The first-order chi connectivity index (χ1) is 13.6. The molecule has 2 saturated heterocycles. The van der Waals surface area contributed by atoms with Gasteiger partial charge in [-0.1, -0.05) is 30.3 Å². The number of hydrogen-bond acceptors (Lipinski definition) is 5. The summed E-state index contributed by atoms with van der Waals surface area (Å²) in [6.07, 6.45) is 5.81. The van der Waals surface area contributed by atoms with Gasteiger partial charge in [0.15, 0.2) is 0 Å². The van der Waals surface area contributed by atoms with Crippen molar-refractivity contribution in [1.29, 1.82) is 0 Å². The Bertz CT molecular complexity index is 874. The molecule has 1 aromatic heterocycles. The fraction of sp³-hybridized carbons (Fsp3) is 0.350. The van der Waals surface area contributed by atoms with Crippen LogP contribution in [0.3, 0.4) is 0 Å². The summed E-state index contributed by atoms with van der Waals surface area (Å²) in [6.45, 7) is 0.438. The first-order valence-corrected chi connectivity index (χ1v) is 9.33. The quantitative estimate of drug-likeness (QED) is 0.796. The van der Waals surface area contributed by atoms with Crippen LogP contribution in [0.15, 0.2) is 48.9 Å². The molecule has 2 fully saturated rings. The molecule has 0 saturated carbocycles. The molecule has 3 unspecified atom stereocenters. The van der Waals surface area contributed by atoms with Gasteiger partial charge in [0.05, 0.1) is 6.20 Å². The second-order valence-electron chi connectivity index (χ2n) is 7.08. The zero-order valence-electron chi connectivity index (χ0n) is 15.2. The van der Waals surface area contributed by atoms with E-state index in [9.17, 15) is 14.4 Å². The largest absolute Gasteiger partial charge is 0.348 e. The van der Waals surface area contributed by atoms with E-state index >= 15 is 0 Å². The molecule has 2 aliphatic heterocycles. The second-order valence-corrected chi connectivity index (χ2v) is 7.08. The van der Waals surface area contributed by atoms with Crippen molar-refractivity contribution < 1.29 is 14.4 Å². The van der Waals surface area contributed by atoms with E-state index in [1.165, 1.54) is 18.6 Å². The Morgan fingerprint density at radius 2 is 2.04 bits per heavy atom. The number of piperazine rings is 1. The number of amides is 3. The van der Waals surface area contributed by atoms with E-state index in [0.717, 1.165) is 5.56 Å². The van der Waals surface area contributed by atoms with Gasteiger partial charge in [0.1, 0.15) is 17.8 Å². The Kier molecular flexibility index (Phi) is 5.01. The van der Waals surface area contributed by atoms with Gasteiger partial charge in [-0.2, -0.15) is 0 Å². The third-order valence-corrected chi connectivity index (χ3v) is 5.22. The summed E-state index contributed by atoms with van der Waals surface area (Å²) in [5.41, 5.74) is 1.24. The van der Waals surface area contributed by atoms with E-state index in [0.29, 0.717) is 25.8 Å². The van der Waals surface area contributed by atoms with Crippen molar-refractivity contribution in [2.75, 3.05) is 6.54 Å². The number of benzene rings is 1. The molecule has 0 bridgehead atoms. The van der Waals surface area contributed by atoms with E-state index in [4.69, 9.17) is 0 Å². The standard InChI is InChI=1S/C20H21N5O3/c26-18(16-12-21-7-8-22-16)23-14-6-9-25-17(11-14)19(27)24-15(20(25)28)10-13-4-2-1-3-5-13/h1-5,7-8,12,14-15,17H,6,9-11H2,(H,23,26)(H,24,27). The van der Waals surface area contributed by atoms with Crippen LogP contribution in [-0.4, -0.2) is 57.3 Å². The molecule has 1 aromatic carbocycles. The van der Waals surface area contributed by atoms with Crippen LogP contribution in [0.4, 0.5) is 0 Å². The Labute approximate surface area is 162 Å². The number of carbonyl (C=O) groups excluding carboxylic acids is 3. The zero-order valence-corrected chi connectivity index (χ0v) is 15.2. The van der Waals surface area contributed by atoms with Crippen LogP contribution >= 0.6 is 0 Å². The number of nitrogens with one attached hydrogen (secondary N) is 2. The molecule has 3 amide bonds. The second kappa shape index (κ2) is 7.75. The van der Waals surface area contributed by atoms with E-state index in [1.54, 1.807) is 4.90 Å². The molecule has 8 heteroatoms. The molecule has 144 valence electrons. The van der Waals surface area contributed by atoms with Crippen LogP contribution in [-0.2, 0) is 16.0 Å².